The molecule has 1 amide bonds. The number of carbonyl (C=O) groups is 1. The van der Waals surface area contributed by atoms with Gasteiger partial charge in [0.1, 0.15) is 5.60 Å². The normalized spacial score (nSPS) is 29.3. The number of ether oxygens (including phenoxy) is 2. The molecular weight excluding hydrogens is 256 g/mol. The zero-order valence-electron chi connectivity index (χ0n) is 13.2. The summed E-state index contributed by atoms with van der Waals surface area (Å²) in [5, 5.41) is 0. The molecule has 0 bridgehead atoms. The van der Waals surface area contributed by atoms with Crippen LogP contribution in [0.5, 0.6) is 0 Å². The number of hydrogen-bond donors (Lipinski definition) is 0. The molecule has 2 atom stereocenters. The molecule has 0 spiro atoms. The summed E-state index contributed by atoms with van der Waals surface area (Å²) in [5.74, 6) is 0. The van der Waals surface area contributed by atoms with Crippen LogP contribution in [0.4, 0.5) is 4.79 Å². The van der Waals surface area contributed by atoms with Gasteiger partial charge in [-0.1, -0.05) is 0 Å². The average molecular weight is 284 g/mol. The molecule has 5 heteroatoms. The molecule has 0 aromatic heterocycles. The van der Waals surface area contributed by atoms with Crippen molar-refractivity contribution in [2.75, 3.05) is 32.8 Å². The smallest absolute Gasteiger partial charge is 0.410 e. The molecule has 0 radical (unpaired) electrons. The Bertz CT molecular complexity index is 335. The van der Waals surface area contributed by atoms with E-state index in [1.54, 1.807) is 0 Å². The van der Waals surface area contributed by atoms with Crippen molar-refractivity contribution >= 4 is 6.09 Å². The summed E-state index contributed by atoms with van der Waals surface area (Å²) in [7, 11) is 0. The maximum Gasteiger partial charge on any atom is 0.410 e. The Morgan fingerprint density at radius 2 is 1.85 bits per heavy atom. The van der Waals surface area contributed by atoms with Gasteiger partial charge in [0.15, 0.2) is 0 Å². The Kier molecular flexibility index (Phi) is 4.91. The summed E-state index contributed by atoms with van der Waals surface area (Å²) < 4.78 is 10.9. The molecular formula is C15H28N2O3. The van der Waals surface area contributed by atoms with E-state index in [1.165, 1.54) is 0 Å². The highest BCUT2D eigenvalue weighted by molar-refractivity contribution is 5.68. The second-order valence-electron chi connectivity index (χ2n) is 6.85. The van der Waals surface area contributed by atoms with Crippen LogP contribution in [0.15, 0.2) is 0 Å². The molecule has 0 aromatic rings. The molecule has 2 aliphatic rings. The lowest BCUT2D eigenvalue weighted by Crippen LogP contribution is -2.53. The van der Waals surface area contributed by atoms with Crippen molar-refractivity contribution in [1.82, 2.24) is 9.80 Å². The molecule has 2 fully saturated rings. The van der Waals surface area contributed by atoms with Crippen molar-refractivity contribution in [3.8, 4) is 0 Å². The van der Waals surface area contributed by atoms with Crippen molar-refractivity contribution in [2.45, 2.75) is 58.2 Å². The molecule has 1 unspecified atom stereocenters. The van der Waals surface area contributed by atoms with Crippen molar-refractivity contribution in [3.05, 3.63) is 0 Å². The van der Waals surface area contributed by atoms with Gasteiger partial charge in [0.05, 0.1) is 13.2 Å². The number of nitrogens with zero attached hydrogens (tertiary/aromatic N) is 2. The van der Waals surface area contributed by atoms with Crippen LogP contribution >= 0.6 is 0 Å². The molecule has 2 aliphatic heterocycles. The molecule has 0 saturated carbocycles. The molecule has 2 saturated heterocycles. The molecule has 0 N–H and O–H groups in total. The zero-order valence-corrected chi connectivity index (χ0v) is 13.2. The van der Waals surface area contributed by atoms with Gasteiger partial charge in [-0.05, 0) is 40.5 Å². The van der Waals surface area contributed by atoms with Crippen LogP contribution in [0.25, 0.3) is 0 Å². The Labute approximate surface area is 122 Å². The summed E-state index contributed by atoms with van der Waals surface area (Å²) in [5.41, 5.74) is -0.419. The number of carbonyl (C=O) groups excluding carboxylic acids is 1. The molecule has 5 nitrogen and oxygen atoms in total. The first-order valence-electron chi connectivity index (χ1n) is 7.68. The minimum atomic E-state index is -0.419. The molecule has 0 aliphatic carbocycles. The highest BCUT2D eigenvalue weighted by atomic mass is 16.6. The predicted molar refractivity (Wildman–Crippen MR) is 77.8 cm³/mol. The third-order valence-corrected chi connectivity index (χ3v) is 4.04. The molecule has 20 heavy (non-hydrogen) atoms. The van der Waals surface area contributed by atoms with E-state index in [1.807, 2.05) is 25.7 Å². The van der Waals surface area contributed by atoms with Gasteiger partial charge >= 0.3 is 6.09 Å². The summed E-state index contributed by atoms with van der Waals surface area (Å²) in [6.45, 7) is 12.4. The standard InChI is InChI=1S/C15H28N2O3/c1-12-11-13(16-7-9-19-10-8-16)5-6-17(12)14(18)20-15(2,3)4/h12-13H,5-11H2,1-4H3/t12-,13?/m0/s1. The second kappa shape index (κ2) is 6.31. The van der Waals surface area contributed by atoms with Crippen LogP contribution in [0.2, 0.25) is 0 Å². The summed E-state index contributed by atoms with van der Waals surface area (Å²) in [6.07, 6.45) is 1.88. The van der Waals surface area contributed by atoms with Crippen LogP contribution in [0, 0.1) is 0 Å². The van der Waals surface area contributed by atoms with Crippen molar-refractivity contribution < 1.29 is 14.3 Å². The van der Waals surface area contributed by atoms with Crippen LogP contribution in [0.1, 0.15) is 40.5 Å². The van der Waals surface area contributed by atoms with Gasteiger partial charge in [-0.25, -0.2) is 4.79 Å². The fourth-order valence-electron chi connectivity index (χ4n) is 3.01. The highest BCUT2D eigenvalue weighted by Gasteiger charge is 2.34. The Morgan fingerprint density at radius 3 is 2.40 bits per heavy atom. The van der Waals surface area contributed by atoms with Crippen LogP contribution < -0.4 is 0 Å². The zero-order chi connectivity index (χ0) is 14.8. The molecule has 0 aromatic carbocycles. The maximum absolute atomic E-state index is 12.2. The van der Waals surface area contributed by atoms with E-state index in [4.69, 9.17) is 9.47 Å². The fourth-order valence-corrected chi connectivity index (χ4v) is 3.01. The van der Waals surface area contributed by atoms with Gasteiger partial charge in [0, 0.05) is 31.7 Å². The Balaban J connectivity index is 1.87. The maximum atomic E-state index is 12.2. The lowest BCUT2D eigenvalue weighted by Gasteiger charge is -2.43. The predicted octanol–water partition coefficient (Wildman–Crippen LogP) is 2.11. The summed E-state index contributed by atoms with van der Waals surface area (Å²) in [6, 6.07) is 0.819. The first-order chi connectivity index (χ1) is 9.37. The Hall–Kier alpha value is -0.810. The third-order valence-electron chi connectivity index (χ3n) is 4.04. The van der Waals surface area contributed by atoms with Gasteiger partial charge in [0.2, 0.25) is 0 Å². The fraction of sp³-hybridized carbons (Fsp3) is 0.933. The number of hydrogen-bond acceptors (Lipinski definition) is 4. The summed E-state index contributed by atoms with van der Waals surface area (Å²) >= 11 is 0. The number of piperidine rings is 1. The minimum Gasteiger partial charge on any atom is -0.444 e. The van der Waals surface area contributed by atoms with E-state index in [0.29, 0.717) is 6.04 Å². The lowest BCUT2D eigenvalue weighted by molar-refractivity contribution is -0.0203. The topological polar surface area (TPSA) is 42.0 Å². The van der Waals surface area contributed by atoms with E-state index >= 15 is 0 Å². The summed E-state index contributed by atoms with van der Waals surface area (Å²) in [4.78, 5) is 16.6. The van der Waals surface area contributed by atoms with Crippen LogP contribution in [-0.4, -0.2) is 66.4 Å². The van der Waals surface area contributed by atoms with Crippen LogP contribution in [0.3, 0.4) is 0 Å². The van der Waals surface area contributed by atoms with Crippen molar-refractivity contribution in [1.29, 1.82) is 0 Å². The Morgan fingerprint density at radius 1 is 1.20 bits per heavy atom. The van der Waals surface area contributed by atoms with Gasteiger partial charge in [-0.3, -0.25) is 4.90 Å². The number of rotatable bonds is 1. The molecule has 2 rings (SSSR count). The average Bonchev–Trinajstić information content (AvgIpc) is 2.37. The minimum absolute atomic E-state index is 0.176. The number of morpholine rings is 1. The largest absolute Gasteiger partial charge is 0.444 e. The molecule has 116 valence electrons. The first kappa shape index (κ1) is 15.6. The van der Waals surface area contributed by atoms with E-state index in [2.05, 4.69) is 11.8 Å². The van der Waals surface area contributed by atoms with Gasteiger partial charge in [-0.15, -0.1) is 0 Å². The number of amides is 1. The van der Waals surface area contributed by atoms with Gasteiger partial charge < -0.3 is 14.4 Å². The van der Waals surface area contributed by atoms with E-state index in [0.717, 1.165) is 45.7 Å². The van der Waals surface area contributed by atoms with Gasteiger partial charge in [-0.2, -0.15) is 0 Å². The van der Waals surface area contributed by atoms with Crippen LogP contribution in [-0.2, 0) is 9.47 Å². The van der Waals surface area contributed by atoms with Crippen molar-refractivity contribution in [2.24, 2.45) is 0 Å². The monoisotopic (exact) mass is 284 g/mol. The quantitative estimate of drug-likeness (QED) is 0.739. The first-order valence-corrected chi connectivity index (χ1v) is 7.68. The van der Waals surface area contributed by atoms with E-state index in [-0.39, 0.29) is 12.1 Å². The van der Waals surface area contributed by atoms with Crippen molar-refractivity contribution in [3.63, 3.8) is 0 Å². The third kappa shape index (κ3) is 4.09. The number of likely N-dealkylation sites (tertiary alicyclic amines) is 1. The second-order valence-corrected chi connectivity index (χ2v) is 6.85. The van der Waals surface area contributed by atoms with E-state index < -0.39 is 5.60 Å². The highest BCUT2D eigenvalue weighted by Crippen LogP contribution is 2.24. The molecule has 2 heterocycles. The lowest BCUT2D eigenvalue weighted by atomic mass is 9.97. The van der Waals surface area contributed by atoms with E-state index in [9.17, 15) is 4.79 Å². The van der Waals surface area contributed by atoms with Gasteiger partial charge in [0.25, 0.3) is 0 Å². The SMILES string of the molecule is C[C@H]1CC(N2CCOCC2)CCN1C(=O)OC(C)(C)C.